The lowest BCUT2D eigenvalue weighted by Crippen LogP contribution is -2.09. The molecule has 0 saturated heterocycles. The van der Waals surface area contributed by atoms with Crippen molar-refractivity contribution in [1.29, 1.82) is 0 Å². The summed E-state index contributed by atoms with van der Waals surface area (Å²) >= 11 is 4.67. The second kappa shape index (κ2) is 3.33. The standard InChI is InChI=1S/C9H7BrN2OS/c1-4-6-2-5(10)3-12-9(6)14-7(4)8(11)13/h2-3H,1H3,(H2,11,13). The summed E-state index contributed by atoms with van der Waals surface area (Å²) in [6, 6.07) is 1.95. The Balaban J connectivity index is 2.80. The Morgan fingerprint density at radius 1 is 1.64 bits per heavy atom. The number of carbonyl (C=O) groups is 1. The van der Waals surface area contributed by atoms with E-state index < -0.39 is 0 Å². The van der Waals surface area contributed by atoms with Crippen LogP contribution in [0.25, 0.3) is 10.2 Å². The van der Waals surface area contributed by atoms with Crippen LogP contribution in [-0.4, -0.2) is 10.9 Å². The van der Waals surface area contributed by atoms with Crippen molar-refractivity contribution >= 4 is 43.4 Å². The predicted molar refractivity (Wildman–Crippen MR) is 60.6 cm³/mol. The lowest BCUT2D eigenvalue weighted by atomic mass is 10.2. The molecule has 0 unspecified atom stereocenters. The molecule has 0 aliphatic carbocycles. The average Bonchev–Trinajstić information content (AvgIpc) is 2.44. The topological polar surface area (TPSA) is 56.0 Å². The highest BCUT2D eigenvalue weighted by atomic mass is 79.9. The molecule has 1 amide bonds. The first kappa shape index (κ1) is 9.61. The number of aryl methyl sites for hydroxylation is 1. The molecule has 0 aliphatic heterocycles. The monoisotopic (exact) mass is 270 g/mol. The number of rotatable bonds is 1. The fourth-order valence-corrected chi connectivity index (χ4v) is 2.62. The normalized spacial score (nSPS) is 10.7. The third-order valence-electron chi connectivity index (χ3n) is 1.98. The van der Waals surface area contributed by atoms with Crippen molar-refractivity contribution in [3.8, 4) is 0 Å². The molecule has 14 heavy (non-hydrogen) atoms. The summed E-state index contributed by atoms with van der Waals surface area (Å²) in [4.78, 5) is 16.7. The van der Waals surface area contributed by atoms with Gasteiger partial charge in [0.15, 0.2) is 0 Å². The smallest absolute Gasteiger partial charge is 0.259 e. The molecular weight excluding hydrogens is 264 g/mol. The largest absolute Gasteiger partial charge is 0.365 e. The van der Waals surface area contributed by atoms with Gasteiger partial charge in [0, 0.05) is 16.1 Å². The van der Waals surface area contributed by atoms with Crippen molar-refractivity contribution in [1.82, 2.24) is 4.98 Å². The van der Waals surface area contributed by atoms with E-state index in [0.29, 0.717) is 4.88 Å². The fourth-order valence-electron chi connectivity index (χ4n) is 1.31. The van der Waals surface area contributed by atoms with E-state index >= 15 is 0 Å². The van der Waals surface area contributed by atoms with Crippen LogP contribution in [0.3, 0.4) is 0 Å². The van der Waals surface area contributed by atoms with Crippen LogP contribution in [0.2, 0.25) is 0 Å². The zero-order chi connectivity index (χ0) is 10.3. The van der Waals surface area contributed by atoms with Crippen molar-refractivity contribution in [3.63, 3.8) is 0 Å². The van der Waals surface area contributed by atoms with Gasteiger partial charge in [-0.25, -0.2) is 4.98 Å². The number of nitrogens with zero attached hydrogens (tertiary/aromatic N) is 1. The molecule has 0 spiro atoms. The number of aromatic nitrogens is 1. The number of pyridine rings is 1. The van der Waals surface area contributed by atoms with Gasteiger partial charge in [0.1, 0.15) is 4.83 Å². The summed E-state index contributed by atoms with van der Waals surface area (Å²) in [6.45, 7) is 1.88. The van der Waals surface area contributed by atoms with Crippen LogP contribution in [0.1, 0.15) is 15.2 Å². The lowest BCUT2D eigenvalue weighted by molar-refractivity contribution is 0.100. The number of halogens is 1. The Bertz CT molecular complexity index is 521. The van der Waals surface area contributed by atoms with Gasteiger partial charge in [-0.1, -0.05) is 0 Å². The van der Waals surface area contributed by atoms with Gasteiger partial charge < -0.3 is 5.73 Å². The van der Waals surface area contributed by atoms with Gasteiger partial charge in [0.25, 0.3) is 5.91 Å². The summed E-state index contributed by atoms with van der Waals surface area (Å²) in [5.74, 6) is -0.387. The Kier molecular flexibility index (Phi) is 2.28. The molecular formula is C9H7BrN2OS. The molecule has 2 rings (SSSR count). The highest BCUT2D eigenvalue weighted by Gasteiger charge is 2.13. The van der Waals surface area contributed by atoms with Gasteiger partial charge in [-0.2, -0.15) is 0 Å². The molecule has 2 aromatic heterocycles. The minimum Gasteiger partial charge on any atom is -0.365 e. The second-order valence-electron chi connectivity index (χ2n) is 2.93. The van der Waals surface area contributed by atoms with Crippen LogP contribution in [0.5, 0.6) is 0 Å². The molecule has 0 aliphatic rings. The lowest BCUT2D eigenvalue weighted by Gasteiger charge is -1.92. The summed E-state index contributed by atoms with van der Waals surface area (Å²) in [6.07, 6.45) is 1.71. The van der Waals surface area contributed by atoms with Crippen LogP contribution in [0.15, 0.2) is 16.7 Å². The van der Waals surface area contributed by atoms with Crippen LogP contribution in [0.4, 0.5) is 0 Å². The number of fused-ring (bicyclic) bond motifs is 1. The minimum absolute atomic E-state index is 0.387. The summed E-state index contributed by atoms with van der Waals surface area (Å²) in [7, 11) is 0. The highest BCUT2D eigenvalue weighted by molar-refractivity contribution is 9.10. The van der Waals surface area contributed by atoms with Crippen LogP contribution in [0, 0.1) is 6.92 Å². The molecule has 0 radical (unpaired) electrons. The van der Waals surface area contributed by atoms with E-state index in [9.17, 15) is 4.79 Å². The van der Waals surface area contributed by atoms with E-state index in [2.05, 4.69) is 20.9 Å². The molecule has 3 nitrogen and oxygen atoms in total. The number of carbonyl (C=O) groups excluding carboxylic acids is 1. The maximum Gasteiger partial charge on any atom is 0.259 e. The van der Waals surface area contributed by atoms with Crippen molar-refractivity contribution in [2.24, 2.45) is 5.73 Å². The maximum atomic E-state index is 11.1. The molecule has 5 heteroatoms. The van der Waals surface area contributed by atoms with Crippen molar-refractivity contribution in [2.45, 2.75) is 6.92 Å². The van der Waals surface area contributed by atoms with Crippen LogP contribution in [-0.2, 0) is 0 Å². The highest BCUT2D eigenvalue weighted by Crippen LogP contribution is 2.30. The first-order chi connectivity index (χ1) is 6.59. The van der Waals surface area contributed by atoms with Gasteiger partial charge in [0.05, 0.1) is 4.88 Å². The van der Waals surface area contributed by atoms with Gasteiger partial charge in [-0.3, -0.25) is 4.79 Å². The molecule has 0 atom stereocenters. The Morgan fingerprint density at radius 3 is 3.00 bits per heavy atom. The quantitative estimate of drug-likeness (QED) is 0.866. The van der Waals surface area contributed by atoms with Gasteiger partial charge >= 0.3 is 0 Å². The molecule has 0 aromatic carbocycles. The molecule has 0 saturated carbocycles. The summed E-state index contributed by atoms with van der Waals surface area (Å²) in [5.41, 5.74) is 6.16. The Morgan fingerprint density at radius 2 is 2.36 bits per heavy atom. The Hall–Kier alpha value is -0.940. The number of thiophene rings is 1. The van der Waals surface area contributed by atoms with E-state index in [4.69, 9.17) is 5.73 Å². The Labute approximate surface area is 93.1 Å². The number of hydrogen-bond acceptors (Lipinski definition) is 3. The minimum atomic E-state index is -0.387. The van der Waals surface area contributed by atoms with Gasteiger partial charge in [-0.05, 0) is 34.5 Å². The third kappa shape index (κ3) is 1.42. The maximum absolute atomic E-state index is 11.1. The molecule has 2 aromatic rings. The molecule has 0 bridgehead atoms. The number of hydrogen-bond donors (Lipinski definition) is 1. The first-order valence-corrected chi connectivity index (χ1v) is 5.55. The number of nitrogens with two attached hydrogens (primary N) is 1. The van der Waals surface area contributed by atoms with E-state index in [0.717, 1.165) is 20.3 Å². The second-order valence-corrected chi connectivity index (χ2v) is 4.84. The molecule has 2 heterocycles. The molecule has 2 N–H and O–H groups in total. The van der Waals surface area contributed by atoms with Crippen LogP contribution >= 0.6 is 27.3 Å². The summed E-state index contributed by atoms with van der Waals surface area (Å²) < 4.78 is 0.905. The first-order valence-electron chi connectivity index (χ1n) is 3.94. The summed E-state index contributed by atoms with van der Waals surface area (Å²) in [5, 5.41) is 0.984. The van der Waals surface area contributed by atoms with E-state index in [1.165, 1.54) is 11.3 Å². The van der Waals surface area contributed by atoms with Crippen molar-refractivity contribution in [3.05, 3.63) is 27.2 Å². The van der Waals surface area contributed by atoms with Gasteiger partial charge in [-0.15, -0.1) is 11.3 Å². The van der Waals surface area contributed by atoms with Crippen molar-refractivity contribution in [2.75, 3.05) is 0 Å². The molecule has 72 valence electrons. The van der Waals surface area contributed by atoms with Gasteiger partial charge in [0.2, 0.25) is 0 Å². The third-order valence-corrected chi connectivity index (χ3v) is 3.65. The van der Waals surface area contributed by atoms with Crippen molar-refractivity contribution < 1.29 is 4.79 Å². The SMILES string of the molecule is Cc1c(C(N)=O)sc2ncc(Br)cc12. The predicted octanol–water partition coefficient (Wildman–Crippen LogP) is 2.47. The van der Waals surface area contributed by atoms with E-state index in [1.807, 2.05) is 13.0 Å². The van der Waals surface area contributed by atoms with Crippen LogP contribution < -0.4 is 5.73 Å². The average molecular weight is 271 g/mol. The van der Waals surface area contributed by atoms with E-state index in [1.54, 1.807) is 6.20 Å². The van der Waals surface area contributed by atoms with E-state index in [-0.39, 0.29) is 5.91 Å². The fraction of sp³-hybridized carbons (Fsp3) is 0.111. The number of primary amides is 1. The number of amides is 1. The molecule has 0 fully saturated rings. The zero-order valence-corrected chi connectivity index (χ0v) is 9.78. The zero-order valence-electron chi connectivity index (χ0n) is 7.37.